The van der Waals surface area contributed by atoms with E-state index < -0.39 is 11.9 Å². The number of nitrogens with two attached hydrogens (primary N) is 1. The fourth-order valence-electron chi connectivity index (χ4n) is 2.52. The molecule has 0 atom stereocenters. The number of methoxy groups -OCH3 is 1. The summed E-state index contributed by atoms with van der Waals surface area (Å²) in [6.07, 6.45) is 3.57. The minimum atomic E-state index is -0.866. The molecule has 0 spiro atoms. The zero-order valence-corrected chi connectivity index (χ0v) is 17.6. The summed E-state index contributed by atoms with van der Waals surface area (Å²) in [6.45, 7) is 2.60. The van der Waals surface area contributed by atoms with E-state index >= 15 is 0 Å². The summed E-state index contributed by atoms with van der Waals surface area (Å²) in [5.41, 5.74) is 5.75. The van der Waals surface area contributed by atoms with Gasteiger partial charge in [0.2, 0.25) is 0 Å². The Labute approximate surface area is 185 Å². The standard InChI is InChI=1S/C24H21N3O5/c1-3-10-31-20-7-4-16(5-8-20)11-19(15-26)24(29)32-21-9-6-17(13-22(21)30-2)12-18(14-25)23(27)28/h4-9,11-13H,3,10H2,1-2H3,(H2,27,28)/b18-12+,19-11+. The zero-order valence-electron chi connectivity index (χ0n) is 17.6. The van der Waals surface area contributed by atoms with Crippen LogP contribution < -0.4 is 19.9 Å². The number of benzene rings is 2. The molecule has 0 saturated heterocycles. The number of amides is 1. The quantitative estimate of drug-likeness (QED) is 0.278. The fourth-order valence-corrected chi connectivity index (χ4v) is 2.52. The Morgan fingerprint density at radius 1 is 0.969 bits per heavy atom. The molecule has 1 amide bonds. The Kier molecular flexibility index (Phi) is 8.58. The molecule has 0 heterocycles. The SMILES string of the molecule is CCCOc1ccc(/C=C(\C#N)C(=O)Oc2ccc(/C=C(\C#N)C(N)=O)cc2OC)cc1. The van der Waals surface area contributed by atoms with Crippen molar-refractivity contribution in [1.82, 2.24) is 0 Å². The van der Waals surface area contributed by atoms with Crippen molar-refractivity contribution in [3.8, 4) is 29.4 Å². The molecule has 0 aliphatic carbocycles. The predicted octanol–water partition coefficient (Wildman–Crippen LogP) is 3.39. The molecule has 0 fully saturated rings. The van der Waals surface area contributed by atoms with Crippen molar-refractivity contribution >= 4 is 24.0 Å². The molecular weight excluding hydrogens is 410 g/mol. The van der Waals surface area contributed by atoms with Crippen LogP contribution in [0.15, 0.2) is 53.6 Å². The first-order valence-electron chi connectivity index (χ1n) is 9.58. The number of rotatable bonds is 9. The van der Waals surface area contributed by atoms with Gasteiger partial charge in [-0.1, -0.05) is 25.1 Å². The van der Waals surface area contributed by atoms with Gasteiger partial charge in [0.15, 0.2) is 11.5 Å². The van der Waals surface area contributed by atoms with E-state index in [1.807, 2.05) is 13.0 Å². The molecule has 0 radical (unpaired) electrons. The number of nitrogens with zero attached hydrogens (tertiary/aromatic N) is 2. The number of hydrogen-bond donors (Lipinski definition) is 1. The molecule has 0 saturated carbocycles. The molecule has 162 valence electrons. The highest BCUT2D eigenvalue weighted by Gasteiger charge is 2.16. The predicted molar refractivity (Wildman–Crippen MR) is 117 cm³/mol. The Bertz CT molecular complexity index is 1140. The van der Waals surface area contributed by atoms with Gasteiger partial charge in [-0.2, -0.15) is 10.5 Å². The van der Waals surface area contributed by atoms with Gasteiger partial charge in [0.1, 0.15) is 29.0 Å². The molecule has 2 aromatic carbocycles. The second-order valence-corrected chi connectivity index (χ2v) is 6.42. The minimum absolute atomic E-state index is 0.0664. The molecule has 8 nitrogen and oxygen atoms in total. The van der Waals surface area contributed by atoms with Crippen LogP contribution in [0.2, 0.25) is 0 Å². The van der Waals surface area contributed by atoms with Gasteiger partial charge < -0.3 is 19.9 Å². The topological polar surface area (TPSA) is 135 Å². The Hall–Kier alpha value is -4.56. The van der Waals surface area contributed by atoms with E-state index in [1.165, 1.54) is 37.5 Å². The van der Waals surface area contributed by atoms with Crippen molar-refractivity contribution in [2.24, 2.45) is 5.73 Å². The van der Waals surface area contributed by atoms with Crippen LogP contribution in [0.1, 0.15) is 24.5 Å². The summed E-state index contributed by atoms with van der Waals surface area (Å²) in [7, 11) is 1.36. The second-order valence-electron chi connectivity index (χ2n) is 6.42. The Morgan fingerprint density at radius 2 is 1.59 bits per heavy atom. The van der Waals surface area contributed by atoms with Crippen LogP contribution in [-0.2, 0) is 9.59 Å². The van der Waals surface area contributed by atoms with Crippen LogP contribution >= 0.6 is 0 Å². The summed E-state index contributed by atoms with van der Waals surface area (Å²) >= 11 is 0. The van der Waals surface area contributed by atoms with E-state index in [-0.39, 0.29) is 22.6 Å². The van der Waals surface area contributed by atoms with Gasteiger partial charge in [-0.25, -0.2) is 4.79 Å². The number of nitriles is 2. The first-order valence-corrected chi connectivity index (χ1v) is 9.58. The summed E-state index contributed by atoms with van der Waals surface area (Å²) in [6, 6.07) is 14.9. The lowest BCUT2D eigenvalue weighted by Crippen LogP contribution is -2.12. The Morgan fingerprint density at radius 3 is 2.16 bits per heavy atom. The molecule has 0 unspecified atom stereocenters. The number of carbonyl (C=O) groups is 2. The van der Waals surface area contributed by atoms with Crippen LogP contribution in [-0.4, -0.2) is 25.6 Å². The van der Waals surface area contributed by atoms with Gasteiger partial charge in [0, 0.05) is 0 Å². The molecule has 0 aliphatic heterocycles. The van der Waals surface area contributed by atoms with Crippen molar-refractivity contribution in [3.63, 3.8) is 0 Å². The van der Waals surface area contributed by atoms with Crippen molar-refractivity contribution in [2.45, 2.75) is 13.3 Å². The molecule has 8 heteroatoms. The molecule has 0 aromatic heterocycles. The normalized spacial score (nSPS) is 11.1. The van der Waals surface area contributed by atoms with E-state index in [1.54, 1.807) is 30.3 Å². The third kappa shape index (κ3) is 6.48. The van der Waals surface area contributed by atoms with Gasteiger partial charge in [-0.3, -0.25) is 4.79 Å². The summed E-state index contributed by atoms with van der Waals surface area (Å²) in [4.78, 5) is 23.7. The van der Waals surface area contributed by atoms with Gasteiger partial charge in [-0.15, -0.1) is 0 Å². The van der Waals surface area contributed by atoms with E-state index in [2.05, 4.69) is 0 Å². The molecule has 32 heavy (non-hydrogen) atoms. The molecule has 2 N–H and O–H groups in total. The molecule has 2 rings (SSSR count). The van der Waals surface area contributed by atoms with Gasteiger partial charge in [0.25, 0.3) is 5.91 Å². The van der Waals surface area contributed by atoms with E-state index in [9.17, 15) is 14.9 Å². The van der Waals surface area contributed by atoms with Crippen LogP contribution in [0.3, 0.4) is 0 Å². The van der Waals surface area contributed by atoms with Gasteiger partial charge >= 0.3 is 5.97 Å². The van der Waals surface area contributed by atoms with Gasteiger partial charge in [0.05, 0.1) is 13.7 Å². The maximum absolute atomic E-state index is 12.5. The highest BCUT2D eigenvalue weighted by molar-refractivity contribution is 6.01. The molecule has 0 aliphatic rings. The first kappa shape index (κ1) is 23.7. The van der Waals surface area contributed by atoms with E-state index in [0.29, 0.717) is 23.5 Å². The number of carbonyl (C=O) groups excluding carboxylic acids is 2. The number of primary amides is 1. The molecule has 2 aromatic rings. The average Bonchev–Trinajstić information content (AvgIpc) is 2.80. The fraction of sp³-hybridized carbons (Fsp3) is 0.167. The average molecular weight is 431 g/mol. The lowest BCUT2D eigenvalue weighted by Gasteiger charge is -2.10. The second kappa shape index (κ2) is 11.6. The van der Waals surface area contributed by atoms with Crippen molar-refractivity contribution in [2.75, 3.05) is 13.7 Å². The largest absolute Gasteiger partial charge is 0.494 e. The maximum Gasteiger partial charge on any atom is 0.354 e. The minimum Gasteiger partial charge on any atom is -0.494 e. The smallest absolute Gasteiger partial charge is 0.354 e. The number of ether oxygens (including phenoxy) is 3. The van der Waals surface area contributed by atoms with Crippen molar-refractivity contribution in [1.29, 1.82) is 10.5 Å². The Balaban J connectivity index is 2.22. The van der Waals surface area contributed by atoms with Crippen LogP contribution in [0.4, 0.5) is 0 Å². The molecular formula is C24H21N3O5. The van der Waals surface area contributed by atoms with Crippen LogP contribution in [0, 0.1) is 22.7 Å². The van der Waals surface area contributed by atoms with E-state index in [4.69, 9.17) is 25.2 Å². The highest BCUT2D eigenvalue weighted by atomic mass is 16.6. The highest BCUT2D eigenvalue weighted by Crippen LogP contribution is 2.30. The lowest BCUT2D eigenvalue weighted by molar-refractivity contribution is -0.129. The summed E-state index contributed by atoms with van der Waals surface area (Å²) in [5.74, 6) is -0.800. The summed E-state index contributed by atoms with van der Waals surface area (Å²) in [5, 5.41) is 18.4. The first-order chi connectivity index (χ1) is 15.4. The maximum atomic E-state index is 12.5. The third-order valence-corrected chi connectivity index (χ3v) is 4.09. The number of esters is 1. The monoisotopic (exact) mass is 431 g/mol. The third-order valence-electron chi connectivity index (χ3n) is 4.09. The zero-order chi connectivity index (χ0) is 23.5. The van der Waals surface area contributed by atoms with E-state index in [0.717, 1.165) is 6.42 Å². The van der Waals surface area contributed by atoms with Crippen LogP contribution in [0.25, 0.3) is 12.2 Å². The lowest BCUT2D eigenvalue weighted by atomic mass is 10.1. The van der Waals surface area contributed by atoms with Crippen molar-refractivity contribution < 1.29 is 23.8 Å². The van der Waals surface area contributed by atoms with Crippen LogP contribution in [0.5, 0.6) is 17.2 Å². The summed E-state index contributed by atoms with van der Waals surface area (Å²) < 4.78 is 16.0. The number of hydrogen-bond acceptors (Lipinski definition) is 7. The molecule has 0 bridgehead atoms. The van der Waals surface area contributed by atoms with Gasteiger partial charge in [-0.05, 0) is 54.0 Å². The van der Waals surface area contributed by atoms with Crippen molar-refractivity contribution in [3.05, 3.63) is 64.7 Å².